The number of aryl methyl sites for hydroxylation is 1. The van der Waals surface area contributed by atoms with Crippen molar-refractivity contribution in [1.82, 2.24) is 30.4 Å². The quantitative estimate of drug-likeness (QED) is 0.190. The zero-order valence-electron chi connectivity index (χ0n) is 19.7. The van der Waals surface area contributed by atoms with Gasteiger partial charge in [0, 0.05) is 25.2 Å². The van der Waals surface area contributed by atoms with Crippen LogP contribution in [0, 0.1) is 6.92 Å². The van der Waals surface area contributed by atoms with Gasteiger partial charge in [-0.25, -0.2) is 4.99 Å². The summed E-state index contributed by atoms with van der Waals surface area (Å²) in [5.74, 6) is 3.32. The van der Waals surface area contributed by atoms with Crippen LogP contribution in [0.15, 0.2) is 65.8 Å². The van der Waals surface area contributed by atoms with Crippen LogP contribution in [0.25, 0.3) is 10.9 Å². The number of ether oxygens (including phenoxy) is 1. The Balaban J connectivity index is 0.00000324. The Morgan fingerprint density at radius 2 is 1.82 bits per heavy atom. The summed E-state index contributed by atoms with van der Waals surface area (Å²) in [6.45, 7) is 3.75. The zero-order chi connectivity index (χ0) is 23.0. The van der Waals surface area contributed by atoms with E-state index in [9.17, 15) is 0 Å². The summed E-state index contributed by atoms with van der Waals surface area (Å²) in [6, 6.07) is 18.3. The normalized spacial score (nSPS) is 11.2. The van der Waals surface area contributed by atoms with E-state index in [1.807, 2.05) is 61.1 Å². The molecule has 9 heteroatoms. The van der Waals surface area contributed by atoms with Gasteiger partial charge in [-0.05, 0) is 48.7 Å². The highest BCUT2D eigenvalue weighted by molar-refractivity contribution is 14.0. The van der Waals surface area contributed by atoms with Gasteiger partial charge in [0.25, 0.3) is 0 Å². The average Bonchev–Trinajstić information content (AvgIpc) is 3.18. The maximum atomic E-state index is 5.24. The van der Waals surface area contributed by atoms with E-state index in [1.54, 1.807) is 7.11 Å². The molecule has 0 fully saturated rings. The molecule has 0 spiro atoms. The molecule has 8 nitrogen and oxygen atoms in total. The molecule has 178 valence electrons. The van der Waals surface area contributed by atoms with Crippen molar-refractivity contribution in [1.29, 1.82) is 0 Å². The van der Waals surface area contributed by atoms with Crippen LogP contribution in [0.1, 0.15) is 22.8 Å². The number of fused-ring (bicyclic) bond motifs is 1. The first kappa shape index (κ1) is 25.4. The predicted octanol–water partition coefficient (Wildman–Crippen LogP) is 3.78. The lowest BCUT2D eigenvalue weighted by Crippen LogP contribution is -2.38. The van der Waals surface area contributed by atoms with Crippen molar-refractivity contribution in [2.24, 2.45) is 12.0 Å². The van der Waals surface area contributed by atoms with E-state index in [2.05, 4.69) is 44.0 Å². The zero-order valence-corrected chi connectivity index (χ0v) is 22.0. The third kappa shape index (κ3) is 6.43. The summed E-state index contributed by atoms with van der Waals surface area (Å²) < 4.78 is 7.21. The number of benzene rings is 2. The van der Waals surface area contributed by atoms with Crippen molar-refractivity contribution < 1.29 is 4.74 Å². The molecule has 34 heavy (non-hydrogen) atoms. The molecule has 2 heterocycles. The van der Waals surface area contributed by atoms with Gasteiger partial charge in [-0.15, -0.1) is 34.2 Å². The molecule has 0 amide bonds. The Kier molecular flexibility index (Phi) is 9.20. The molecule has 4 aromatic rings. The Morgan fingerprint density at radius 1 is 1.03 bits per heavy atom. The van der Waals surface area contributed by atoms with Crippen molar-refractivity contribution >= 4 is 40.8 Å². The molecule has 2 aromatic heterocycles. The molecule has 0 aliphatic heterocycles. The summed E-state index contributed by atoms with van der Waals surface area (Å²) in [5.41, 5.74) is 3.33. The van der Waals surface area contributed by atoms with Crippen LogP contribution in [0.4, 0.5) is 0 Å². The van der Waals surface area contributed by atoms with Gasteiger partial charge in [-0.3, -0.25) is 4.98 Å². The minimum absolute atomic E-state index is 0. The highest BCUT2D eigenvalue weighted by atomic mass is 127. The topological polar surface area (TPSA) is 89.2 Å². The predicted molar refractivity (Wildman–Crippen MR) is 146 cm³/mol. The summed E-state index contributed by atoms with van der Waals surface area (Å²) in [4.78, 5) is 9.29. The Bertz CT molecular complexity index is 1230. The SMILES string of the molecule is COc1ccc(CCNC(=NCc2ccnc3ccccc23)NCc2nnc(C)n2C)cc1.I. The van der Waals surface area contributed by atoms with E-state index in [1.165, 1.54) is 5.56 Å². The number of aromatic nitrogens is 4. The molecule has 4 rings (SSSR count). The maximum Gasteiger partial charge on any atom is 0.191 e. The number of para-hydroxylation sites is 1. The van der Waals surface area contributed by atoms with Crippen LogP contribution in [-0.2, 0) is 26.6 Å². The van der Waals surface area contributed by atoms with E-state index in [0.29, 0.717) is 13.1 Å². The summed E-state index contributed by atoms with van der Waals surface area (Å²) in [7, 11) is 3.64. The summed E-state index contributed by atoms with van der Waals surface area (Å²) >= 11 is 0. The first-order chi connectivity index (χ1) is 16.1. The van der Waals surface area contributed by atoms with E-state index in [4.69, 9.17) is 9.73 Å². The van der Waals surface area contributed by atoms with Crippen LogP contribution in [0.3, 0.4) is 0 Å². The van der Waals surface area contributed by atoms with Crippen molar-refractivity contribution in [3.05, 3.63) is 83.6 Å². The largest absolute Gasteiger partial charge is 0.497 e. The Morgan fingerprint density at radius 3 is 2.56 bits per heavy atom. The third-order valence-electron chi connectivity index (χ3n) is 5.61. The number of hydrogen-bond acceptors (Lipinski definition) is 5. The van der Waals surface area contributed by atoms with Crippen molar-refractivity contribution in [3.8, 4) is 5.75 Å². The first-order valence-corrected chi connectivity index (χ1v) is 11.0. The van der Waals surface area contributed by atoms with Gasteiger partial charge in [0.2, 0.25) is 0 Å². The van der Waals surface area contributed by atoms with Crippen molar-refractivity contribution in [2.75, 3.05) is 13.7 Å². The van der Waals surface area contributed by atoms with Gasteiger partial charge >= 0.3 is 0 Å². The number of rotatable bonds is 8. The van der Waals surface area contributed by atoms with E-state index in [-0.39, 0.29) is 24.0 Å². The molecule has 2 aromatic carbocycles. The number of hydrogen-bond donors (Lipinski definition) is 2. The fourth-order valence-electron chi connectivity index (χ4n) is 3.52. The summed E-state index contributed by atoms with van der Waals surface area (Å²) in [6.07, 6.45) is 2.70. The van der Waals surface area contributed by atoms with E-state index >= 15 is 0 Å². The number of aliphatic imine (C=N–C) groups is 1. The second kappa shape index (κ2) is 12.3. The lowest BCUT2D eigenvalue weighted by molar-refractivity contribution is 0.414. The molecule has 0 aliphatic rings. The Labute approximate surface area is 216 Å². The van der Waals surface area contributed by atoms with E-state index in [0.717, 1.165) is 52.8 Å². The molecule has 0 saturated carbocycles. The number of halogens is 1. The van der Waals surface area contributed by atoms with Crippen molar-refractivity contribution in [2.45, 2.75) is 26.4 Å². The van der Waals surface area contributed by atoms with Gasteiger partial charge in [-0.1, -0.05) is 30.3 Å². The standard InChI is InChI=1S/C25H29N7O.HI/c1-18-30-31-24(32(18)2)17-29-25(27-14-12-19-8-10-21(33-3)11-9-19)28-16-20-13-15-26-23-7-5-4-6-22(20)23;/h4-11,13,15H,12,14,16-17H2,1-3H3,(H2,27,28,29);1H. The smallest absolute Gasteiger partial charge is 0.191 e. The number of methoxy groups -OCH3 is 1. The molecular weight excluding hydrogens is 541 g/mol. The monoisotopic (exact) mass is 571 g/mol. The number of pyridine rings is 1. The molecule has 0 unspecified atom stereocenters. The van der Waals surface area contributed by atoms with Crippen LogP contribution < -0.4 is 15.4 Å². The van der Waals surface area contributed by atoms with Crippen LogP contribution in [0.5, 0.6) is 5.75 Å². The summed E-state index contributed by atoms with van der Waals surface area (Å²) in [5, 5.41) is 16.3. The minimum atomic E-state index is 0. The lowest BCUT2D eigenvalue weighted by atomic mass is 10.1. The maximum absolute atomic E-state index is 5.24. The molecule has 2 N–H and O–H groups in total. The van der Waals surface area contributed by atoms with Gasteiger partial charge in [0.1, 0.15) is 11.6 Å². The fraction of sp³-hybridized carbons (Fsp3) is 0.280. The highest BCUT2D eigenvalue weighted by Gasteiger charge is 2.07. The van der Waals surface area contributed by atoms with Crippen LogP contribution in [-0.4, -0.2) is 39.4 Å². The van der Waals surface area contributed by atoms with Crippen LogP contribution >= 0.6 is 24.0 Å². The number of nitrogens with zero attached hydrogens (tertiary/aromatic N) is 5. The first-order valence-electron chi connectivity index (χ1n) is 11.0. The Hall–Kier alpha value is -3.21. The molecule has 0 saturated heterocycles. The van der Waals surface area contributed by atoms with Gasteiger partial charge in [-0.2, -0.15) is 0 Å². The van der Waals surface area contributed by atoms with Crippen molar-refractivity contribution in [3.63, 3.8) is 0 Å². The minimum Gasteiger partial charge on any atom is -0.497 e. The van der Waals surface area contributed by atoms with Gasteiger partial charge < -0.3 is 19.9 Å². The van der Waals surface area contributed by atoms with Crippen LogP contribution in [0.2, 0.25) is 0 Å². The number of guanidine groups is 1. The fourth-order valence-corrected chi connectivity index (χ4v) is 3.52. The second-order valence-electron chi connectivity index (χ2n) is 7.75. The van der Waals surface area contributed by atoms with Gasteiger partial charge in [0.05, 0.1) is 25.7 Å². The highest BCUT2D eigenvalue weighted by Crippen LogP contribution is 2.17. The molecule has 0 atom stereocenters. The molecule has 0 bridgehead atoms. The van der Waals surface area contributed by atoms with Gasteiger partial charge in [0.15, 0.2) is 11.8 Å². The van der Waals surface area contributed by atoms with E-state index < -0.39 is 0 Å². The third-order valence-corrected chi connectivity index (χ3v) is 5.61. The molecule has 0 aliphatic carbocycles. The second-order valence-corrected chi connectivity index (χ2v) is 7.75. The number of nitrogens with one attached hydrogen (secondary N) is 2. The lowest BCUT2D eigenvalue weighted by Gasteiger charge is -2.13. The molecular formula is C25H30IN7O. The molecule has 0 radical (unpaired) electrons. The average molecular weight is 571 g/mol.